The maximum atomic E-state index is 11.7. The molecular formula is C14H21N3O2. The molecule has 2 amide bonds. The number of nitrogens with zero attached hydrogens (tertiary/aromatic N) is 1. The predicted octanol–water partition coefficient (Wildman–Crippen LogP) is 1.34. The molecule has 19 heavy (non-hydrogen) atoms. The number of anilines is 1. The smallest absolute Gasteiger partial charge is 0.224 e. The van der Waals surface area contributed by atoms with Crippen molar-refractivity contribution in [3.63, 3.8) is 0 Å². The first-order chi connectivity index (χ1) is 9.04. The van der Waals surface area contributed by atoms with Crippen LogP contribution in [0.25, 0.3) is 0 Å². The van der Waals surface area contributed by atoms with Gasteiger partial charge in [-0.1, -0.05) is 18.2 Å². The molecule has 0 saturated carbocycles. The highest BCUT2D eigenvalue weighted by molar-refractivity contribution is 5.91. The summed E-state index contributed by atoms with van der Waals surface area (Å²) in [6, 6.07) is 7.48. The zero-order valence-electron chi connectivity index (χ0n) is 11.5. The Hall–Kier alpha value is -1.88. The molecule has 3 N–H and O–H groups in total. The average molecular weight is 263 g/mol. The second-order valence-corrected chi connectivity index (χ2v) is 4.47. The van der Waals surface area contributed by atoms with Crippen molar-refractivity contribution in [1.82, 2.24) is 4.90 Å². The van der Waals surface area contributed by atoms with Gasteiger partial charge in [-0.2, -0.15) is 0 Å². The minimum Gasteiger partial charge on any atom is -0.342 e. The Bertz CT molecular complexity index is 446. The first kappa shape index (κ1) is 15.2. The van der Waals surface area contributed by atoms with Gasteiger partial charge in [-0.15, -0.1) is 0 Å². The van der Waals surface area contributed by atoms with Gasteiger partial charge in [0.2, 0.25) is 11.8 Å². The maximum absolute atomic E-state index is 11.7. The normalized spacial score (nSPS) is 10.1. The molecule has 5 heteroatoms. The molecule has 104 valence electrons. The minimum absolute atomic E-state index is 0.00994. The number of rotatable bonds is 6. The average Bonchev–Trinajstić information content (AvgIpc) is 2.38. The molecule has 1 aromatic carbocycles. The largest absolute Gasteiger partial charge is 0.342 e. The lowest BCUT2D eigenvalue weighted by molar-refractivity contribution is -0.128. The zero-order chi connectivity index (χ0) is 14.3. The molecule has 1 rings (SSSR count). The molecule has 0 aromatic heterocycles. The van der Waals surface area contributed by atoms with E-state index in [1.54, 1.807) is 11.9 Å². The molecule has 0 spiro atoms. The third kappa shape index (κ3) is 5.09. The summed E-state index contributed by atoms with van der Waals surface area (Å²) in [5.41, 5.74) is 7.04. The van der Waals surface area contributed by atoms with Crippen LogP contribution in [0.5, 0.6) is 0 Å². The standard InChI is InChI=1S/C14H21N3O2/c1-11(18)17(2)10-12-6-3-4-7-13(12)16-14(19)8-5-9-15/h3-4,6-7H,5,8-10,15H2,1-2H3,(H,16,19). The highest BCUT2D eigenvalue weighted by Gasteiger charge is 2.09. The molecule has 5 nitrogen and oxygen atoms in total. The number of hydrogen-bond donors (Lipinski definition) is 2. The zero-order valence-corrected chi connectivity index (χ0v) is 11.5. The lowest BCUT2D eigenvalue weighted by Crippen LogP contribution is -2.24. The number of amides is 2. The minimum atomic E-state index is -0.0524. The second-order valence-electron chi connectivity index (χ2n) is 4.47. The van der Waals surface area contributed by atoms with Crippen molar-refractivity contribution >= 4 is 17.5 Å². The summed E-state index contributed by atoms with van der Waals surface area (Å²) in [6.07, 6.45) is 1.08. The van der Waals surface area contributed by atoms with E-state index in [0.717, 1.165) is 11.3 Å². The molecule has 0 bridgehead atoms. The molecule has 0 aliphatic rings. The Balaban J connectivity index is 2.72. The van der Waals surface area contributed by atoms with Crippen molar-refractivity contribution in [3.05, 3.63) is 29.8 Å². The number of carbonyl (C=O) groups is 2. The van der Waals surface area contributed by atoms with E-state index in [2.05, 4.69) is 5.32 Å². The number of nitrogens with one attached hydrogen (secondary N) is 1. The number of para-hydroxylation sites is 1. The fraction of sp³-hybridized carbons (Fsp3) is 0.429. The van der Waals surface area contributed by atoms with Gasteiger partial charge in [0, 0.05) is 32.6 Å². The van der Waals surface area contributed by atoms with Crippen molar-refractivity contribution in [3.8, 4) is 0 Å². The van der Waals surface area contributed by atoms with Gasteiger partial charge in [-0.25, -0.2) is 0 Å². The van der Waals surface area contributed by atoms with Gasteiger partial charge < -0.3 is 16.0 Å². The fourth-order valence-corrected chi connectivity index (χ4v) is 1.62. The molecule has 0 aliphatic heterocycles. The predicted molar refractivity (Wildman–Crippen MR) is 75.5 cm³/mol. The lowest BCUT2D eigenvalue weighted by Gasteiger charge is -2.17. The third-order valence-electron chi connectivity index (χ3n) is 2.84. The fourth-order valence-electron chi connectivity index (χ4n) is 1.62. The quantitative estimate of drug-likeness (QED) is 0.813. The Morgan fingerprint density at radius 1 is 1.32 bits per heavy atom. The molecule has 0 radical (unpaired) electrons. The van der Waals surface area contributed by atoms with Crippen LogP contribution in [0, 0.1) is 0 Å². The molecule has 0 unspecified atom stereocenters. The van der Waals surface area contributed by atoms with Crippen LogP contribution in [0.3, 0.4) is 0 Å². The summed E-state index contributed by atoms with van der Waals surface area (Å²) in [4.78, 5) is 24.5. The summed E-state index contributed by atoms with van der Waals surface area (Å²) in [5, 5.41) is 2.86. The Morgan fingerprint density at radius 2 is 2.00 bits per heavy atom. The third-order valence-corrected chi connectivity index (χ3v) is 2.84. The van der Waals surface area contributed by atoms with E-state index in [4.69, 9.17) is 5.73 Å². The van der Waals surface area contributed by atoms with Crippen molar-refractivity contribution in [2.24, 2.45) is 5.73 Å². The summed E-state index contributed by atoms with van der Waals surface area (Å²) in [7, 11) is 1.73. The molecule has 0 fully saturated rings. The molecular weight excluding hydrogens is 242 g/mol. The van der Waals surface area contributed by atoms with E-state index in [0.29, 0.717) is 25.9 Å². The van der Waals surface area contributed by atoms with Gasteiger partial charge in [-0.3, -0.25) is 9.59 Å². The number of nitrogens with two attached hydrogens (primary N) is 1. The van der Waals surface area contributed by atoms with E-state index in [9.17, 15) is 9.59 Å². The van der Waals surface area contributed by atoms with Gasteiger partial charge in [0.1, 0.15) is 0 Å². The van der Waals surface area contributed by atoms with Crippen LogP contribution in [0.4, 0.5) is 5.69 Å². The topological polar surface area (TPSA) is 75.4 Å². The highest BCUT2D eigenvalue weighted by atomic mass is 16.2. The maximum Gasteiger partial charge on any atom is 0.224 e. The van der Waals surface area contributed by atoms with Crippen LogP contribution >= 0.6 is 0 Å². The first-order valence-corrected chi connectivity index (χ1v) is 6.34. The van der Waals surface area contributed by atoms with Gasteiger partial charge in [0.05, 0.1) is 0 Å². The van der Waals surface area contributed by atoms with Crippen LogP contribution in [0.15, 0.2) is 24.3 Å². The second kappa shape index (κ2) is 7.53. The molecule has 1 aromatic rings. The Labute approximate surface area is 113 Å². The van der Waals surface area contributed by atoms with Crippen LogP contribution < -0.4 is 11.1 Å². The van der Waals surface area contributed by atoms with E-state index < -0.39 is 0 Å². The van der Waals surface area contributed by atoms with Gasteiger partial charge in [0.15, 0.2) is 0 Å². The monoisotopic (exact) mass is 263 g/mol. The van der Waals surface area contributed by atoms with E-state index in [1.165, 1.54) is 6.92 Å². The summed E-state index contributed by atoms with van der Waals surface area (Å²) >= 11 is 0. The van der Waals surface area contributed by atoms with Gasteiger partial charge >= 0.3 is 0 Å². The number of benzene rings is 1. The molecule has 0 saturated heterocycles. The molecule has 0 atom stereocenters. The summed E-state index contributed by atoms with van der Waals surface area (Å²) < 4.78 is 0. The summed E-state index contributed by atoms with van der Waals surface area (Å²) in [5.74, 6) is -0.0624. The number of carbonyl (C=O) groups excluding carboxylic acids is 2. The van der Waals surface area contributed by atoms with Crippen LogP contribution in [-0.2, 0) is 16.1 Å². The SMILES string of the molecule is CC(=O)N(C)Cc1ccccc1NC(=O)CCCN. The Morgan fingerprint density at radius 3 is 2.63 bits per heavy atom. The Kier molecular flexibility index (Phi) is 6.02. The van der Waals surface area contributed by atoms with E-state index in [-0.39, 0.29) is 11.8 Å². The van der Waals surface area contributed by atoms with Crippen LogP contribution in [0.2, 0.25) is 0 Å². The highest BCUT2D eigenvalue weighted by Crippen LogP contribution is 2.17. The molecule has 0 aliphatic carbocycles. The van der Waals surface area contributed by atoms with Crippen molar-refractivity contribution in [1.29, 1.82) is 0 Å². The van der Waals surface area contributed by atoms with Crippen molar-refractivity contribution in [2.75, 3.05) is 18.9 Å². The lowest BCUT2D eigenvalue weighted by atomic mass is 10.1. The van der Waals surface area contributed by atoms with Crippen LogP contribution in [-0.4, -0.2) is 30.3 Å². The van der Waals surface area contributed by atoms with Gasteiger partial charge in [0.25, 0.3) is 0 Å². The van der Waals surface area contributed by atoms with E-state index in [1.807, 2.05) is 24.3 Å². The summed E-state index contributed by atoms with van der Waals surface area (Å²) in [6.45, 7) is 2.49. The van der Waals surface area contributed by atoms with Gasteiger partial charge in [-0.05, 0) is 24.6 Å². The molecule has 0 heterocycles. The van der Waals surface area contributed by atoms with Crippen LogP contribution in [0.1, 0.15) is 25.3 Å². The van der Waals surface area contributed by atoms with E-state index >= 15 is 0 Å². The first-order valence-electron chi connectivity index (χ1n) is 6.34. The number of hydrogen-bond acceptors (Lipinski definition) is 3. The van der Waals surface area contributed by atoms with Crippen molar-refractivity contribution in [2.45, 2.75) is 26.3 Å². The van der Waals surface area contributed by atoms with Crippen molar-refractivity contribution < 1.29 is 9.59 Å².